The molecule has 14 heteroatoms. The van der Waals surface area contributed by atoms with Gasteiger partial charge in [-0.3, -0.25) is 19.4 Å². The molecule has 38 heavy (non-hydrogen) atoms. The van der Waals surface area contributed by atoms with Crippen molar-refractivity contribution >= 4 is 29.7 Å². The summed E-state index contributed by atoms with van der Waals surface area (Å²) in [6, 6.07) is 4.91. The van der Waals surface area contributed by atoms with E-state index in [4.69, 9.17) is 17.2 Å². The Kier molecular flexibility index (Phi) is 11.7. The molecule has 4 atom stereocenters. The van der Waals surface area contributed by atoms with E-state index in [1.54, 1.807) is 0 Å². The minimum atomic E-state index is -1.27. The molecule has 1 aromatic heterocycles. The predicted molar refractivity (Wildman–Crippen MR) is 139 cm³/mol. The van der Waals surface area contributed by atoms with Crippen molar-refractivity contribution in [3.05, 3.63) is 54.1 Å². The molecule has 1 heterocycles. The van der Waals surface area contributed by atoms with Crippen LogP contribution in [-0.2, 0) is 32.0 Å². The molecule has 0 aliphatic carbocycles. The third kappa shape index (κ3) is 10.3. The van der Waals surface area contributed by atoms with E-state index in [0.29, 0.717) is 12.1 Å². The van der Waals surface area contributed by atoms with Crippen molar-refractivity contribution in [1.82, 2.24) is 25.9 Å². The number of aliphatic imine (C=N–C) groups is 1. The number of nitrogens with zero attached hydrogens (tertiary/aromatic N) is 2. The van der Waals surface area contributed by atoms with Gasteiger partial charge < -0.3 is 43.2 Å². The van der Waals surface area contributed by atoms with Gasteiger partial charge >= 0.3 is 5.97 Å². The van der Waals surface area contributed by atoms with Crippen molar-refractivity contribution < 1.29 is 24.3 Å². The van der Waals surface area contributed by atoms with Crippen molar-refractivity contribution in [2.24, 2.45) is 22.2 Å². The third-order valence-corrected chi connectivity index (χ3v) is 5.56. The highest BCUT2D eigenvalue weighted by atomic mass is 16.4. The second-order valence-corrected chi connectivity index (χ2v) is 8.72. The van der Waals surface area contributed by atoms with E-state index >= 15 is 0 Å². The zero-order chi connectivity index (χ0) is 28.1. The standard InChI is InChI=1S/C24H35N9O5/c1-14(31-21(35)17(25)10-15-6-3-2-4-7-15)20(34)32-18(8-5-9-29-24(26)27)22(36)33-19(23(37)38)11-16-12-28-13-30-16/h2-4,6-7,12-14,17-19H,5,8-11,25H2,1H3,(H,28,30)(H,31,35)(H,32,34)(H,33,36)(H,37,38)(H4,26,27,29). The Morgan fingerprint density at radius 1 is 1.00 bits per heavy atom. The minimum absolute atomic E-state index is 0.0402. The molecule has 0 fully saturated rings. The Morgan fingerprint density at radius 3 is 2.29 bits per heavy atom. The van der Waals surface area contributed by atoms with Crippen LogP contribution < -0.4 is 33.2 Å². The fourth-order valence-corrected chi connectivity index (χ4v) is 3.50. The topological polar surface area (TPSA) is 244 Å². The number of carbonyl (C=O) groups excluding carboxylic acids is 3. The van der Waals surface area contributed by atoms with E-state index in [-0.39, 0.29) is 31.8 Å². The number of guanidine groups is 1. The van der Waals surface area contributed by atoms with Gasteiger partial charge in [0.1, 0.15) is 18.1 Å². The monoisotopic (exact) mass is 529 g/mol. The van der Waals surface area contributed by atoms with Gasteiger partial charge in [0, 0.05) is 24.9 Å². The lowest BCUT2D eigenvalue weighted by Gasteiger charge is -2.23. The molecule has 0 radical (unpaired) electrons. The number of carbonyl (C=O) groups is 4. The molecule has 0 aliphatic rings. The maximum atomic E-state index is 13.0. The molecular weight excluding hydrogens is 494 g/mol. The van der Waals surface area contributed by atoms with Crippen LogP contribution in [0.2, 0.25) is 0 Å². The van der Waals surface area contributed by atoms with Crippen LogP contribution in [0.15, 0.2) is 47.8 Å². The lowest BCUT2D eigenvalue weighted by molar-refractivity contribution is -0.142. The molecular formula is C24H35N9O5. The zero-order valence-electron chi connectivity index (χ0n) is 21.1. The number of nitrogens with two attached hydrogens (primary N) is 3. The number of carboxylic acids is 1. The molecule has 11 N–H and O–H groups in total. The van der Waals surface area contributed by atoms with E-state index in [2.05, 4.69) is 30.9 Å². The van der Waals surface area contributed by atoms with E-state index in [0.717, 1.165) is 5.56 Å². The SMILES string of the molecule is CC(NC(=O)C(N)Cc1ccccc1)C(=O)NC(CCCN=C(N)N)C(=O)NC(Cc1cnc[nH]1)C(=O)O. The normalized spacial score (nSPS) is 13.8. The molecule has 14 nitrogen and oxygen atoms in total. The molecule has 3 amide bonds. The fourth-order valence-electron chi connectivity index (χ4n) is 3.50. The fraction of sp³-hybridized carbons (Fsp3) is 0.417. The summed E-state index contributed by atoms with van der Waals surface area (Å²) in [7, 11) is 0. The summed E-state index contributed by atoms with van der Waals surface area (Å²) < 4.78 is 0. The maximum Gasteiger partial charge on any atom is 0.326 e. The lowest BCUT2D eigenvalue weighted by Crippen LogP contribution is -2.56. The van der Waals surface area contributed by atoms with Gasteiger partial charge in [-0.25, -0.2) is 9.78 Å². The second-order valence-electron chi connectivity index (χ2n) is 8.72. The summed E-state index contributed by atoms with van der Waals surface area (Å²) in [5.74, 6) is -3.27. The number of rotatable bonds is 15. The summed E-state index contributed by atoms with van der Waals surface area (Å²) in [5.41, 5.74) is 18.0. The molecule has 1 aromatic carbocycles. The summed E-state index contributed by atoms with van der Waals surface area (Å²) >= 11 is 0. The molecule has 0 spiro atoms. The highest BCUT2D eigenvalue weighted by Crippen LogP contribution is 2.05. The van der Waals surface area contributed by atoms with Gasteiger partial charge in [-0.2, -0.15) is 0 Å². The van der Waals surface area contributed by atoms with Crippen LogP contribution in [-0.4, -0.2) is 75.4 Å². The van der Waals surface area contributed by atoms with Crippen LogP contribution in [0, 0.1) is 0 Å². The Bertz CT molecular complexity index is 1090. The molecule has 206 valence electrons. The van der Waals surface area contributed by atoms with Crippen molar-refractivity contribution in [3.8, 4) is 0 Å². The highest BCUT2D eigenvalue weighted by molar-refractivity contribution is 5.94. The molecule has 0 bridgehead atoms. The number of aliphatic carboxylic acids is 1. The Morgan fingerprint density at radius 2 is 1.68 bits per heavy atom. The van der Waals surface area contributed by atoms with Crippen molar-refractivity contribution in [2.45, 2.75) is 56.8 Å². The number of carboxylic acid groups (broad SMARTS) is 1. The van der Waals surface area contributed by atoms with Gasteiger partial charge in [0.2, 0.25) is 17.7 Å². The second kappa shape index (κ2) is 14.9. The highest BCUT2D eigenvalue weighted by Gasteiger charge is 2.29. The van der Waals surface area contributed by atoms with Gasteiger partial charge in [0.25, 0.3) is 0 Å². The van der Waals surface area contributed by atoms with Gasteiger partial charge in [-0.05, 0) is 31.7 Å². The molecule has 0 saturated heterocycles. The Balaban J connectivity index is 2.02. The van der Waals surface area contributed by atoms with Crippen molar-refractivity contribution in [1.29, 1.82) is 0 Å². The van der Waals surface area contributed by atoms with Crippen LogP contribution in [0.5, 0.6) is 0 Å². The molecule has 4 unspecified atom stereocenters. The first-order chi connectivity index (χ1) is 18.1. The maximum absolute atomic E-state index is 13.0. The van der Waals surface area contributed by atoms with E-state index in [1.807, 2.05) is 30.3 Å². The first-order valence-electron chi connectivity index (χ1n) is 12.0. The Labute approximate surface area is 219 Å². The number of aromatic amines is 1. The Hall–Kier alpha value is -4.46. The van der Waals surface area contributed by atoms with Crippen LogP contribution in [0.1, 0.15) is 31.0 Å². The predicted octanol–water partition coefficient (Wildman–Crippen LogP) is -1.87. The quantitative estimate of drug-likeness (QED) is 0.0731. The van der Waals surface area contributed by atoms with E-state index in [1.165, 1.54) is 19.4 Å². The first-order valence-corrected chi connectivity index (χ1v) is 12.0. The molecule has 2 aromatic rings. The third-order valence-electron chi connectivity index (χ3n) is 5.56. The number of imidazole rings is 1. The molecule has 2 rings (SSSR count). The van der Waals surface area contributed by atoms with Crippen LogP contribution in [0.25, 0.3) is 0 Å². The first kappa shape index (κ1) is 29.8. The van der Waals surface area contributed by atoms with Gasteiger partial charge in [-0.15, -0.1) is 0 Å². The van der Waals surface area contributed by atoms with Gasteiger partial charge in [0.15, 0.2) is 5.96 Å². The van der Waals surface area contributed by atoms with Gasteiger partial charge in [0.05, 0.1) is 12.4 Å². The average Bonchev–Trinajstić information content (AvgIpc) is 3.38. The molecule has 0 saturated carbocycles. The summed E-state index contributed by atoms with van der Waals surface area (Å²) in [6.45, 7) is 1.65. The number of amides is 3. The van der Waals surface area contributed by atoms with E-state index < -0.39 is 47.9 Å². The molecule has 0 aliphatic heterocycles. The largest absolute Gasteiger partial charge is 0.480 e. The minimum Gasteiger partial charge on any atom is -0.480 e. The smallest absolute Gasteiger partial charge is 0.326 e. The van der Waals surface area contributed by atoms with E-state index in [9.17, 15) is 24.3 Å². The number of hydrogen-bond donors (Lipinski definition) is 8. The lowest BCUT2D eigenvalue weighted by atomic mass is 10.1. The summed E-state index contributed by atoms with van der Waals surface area (Å²) in [5, 5.41) is 17.1. The van der Waals surface area contributed by atoms with Crippen molar-refractivity contribution in [3.63, 3.8) is 0 Å². The number of H-pyrrole nitrogens is 1. The van der Waals surface area contributed by atoms with Crippen molar-refractivity contribution in [2.75, 3.05) is 6.54 Å². The summed E-state index contributed by atoms with van der Waals surface area (Å²) in [4.78, 5) is 60.6. The number of benzene rings is 1. The summed E-state index contributed by atoms with van der Waals surface area (Å²) in [6.07, 6.45) is 3.51. The number of hydrogen-bond acceptors (Lipinski definition) is 7. The van der Waals surface area contributed by atoms with Crippen LogP contribution >= 0.6 is 0 Å². The average molecular weight is 530 g/mol. The number of nitrogens with one attached hydrogen (secondary N) is 4. The zero-order valence-corrected chi connectivity index (χ0v) is 21.1. The number of aromatic nitrogens is 2. The van der Waals surface area contributed by atoms with Crippen LogP contribution in [0.4, 0.5) is 0 Å². The van der Waals surface area contributed by atoms with Gasteiger partial charge in [-0.1, -0.05) is 30.3 Å². The van der Waals surface area contributed by atoms with Crippen LogP contribution in [0.3, 0.4) is 0 Å².